The van der Waals surface area contributed by atoms with Gasteiger partial charge in [-0.25, -0.2) is 12.8 Å². The zero-order chi connectivity index (χ0) is 13.3. The van der Waals surface area contributed by atoms with Gasteiger partial charge in [-0.3, -0.25) is 4.79 Å². The van der Waals surface area contributed by atoms with Gasteiger partial charge in [0.05, 0.1) is 17.1 Å². The number of carbonyl (C=O) groups is 1. The maximum atomic E-state index is 13.5. The maximum Gasteiger partial charge on any atom is 0.256 e. The van der Waals surface area contributed by atoms with Crippen LogP contribution in [0.25, 0.3) is 0 Å². The Balaban J connectivity index is 2.17. The standard InChI is InChI=1S/C11H12FNO4S/c12-10-7-8(14)1-2-9(10)11(15)13-3-5-18(16,17)6-4-13/h1-2,7,14H,3-6H2. The lowest BCUT2D eigenvalue weighted by atomic mass is 10.1. The van der Waals surface area contributed by atoms with Crippen molar-refractivity contribution in [2.24, 2.45) is 0 Å². The van der Waals surface area contributed by atoms with Gasteiger partial charge in [0.25, 0.3) is 5.91 Å². The van der Waals surface area contributed by atoms with Crippen molar-refractivity contribution in [2.75, 3.05) is 24.6 Å². The fourth-order valence-electron chi connectivity index (χ4n) is 1.76. The van der Waals surface area contributed by atoms with Crippen molar-refractivity contribution in [2.45, 2.75) is 0 Å². The Bertz CT molecular complexity index is 571. The highest BCUT2D eigenvalue weighted by Crippen LogP contribution is 2.17. The number of hydrogen-bond acceptors (Lipinski definition) is 4. The SMILES string of the molecule is O=C(c1ccc(O)cc1F)N1CCS(=O)(=O)CC1. The highest BCUT2D eigenvalue weighted by Gasteiger charge is 2.27. The number of carbonyl (C=O) groups excluding carboxylic acids is 1. The second-order valence-electron chi connectivity index (χ2n) is 4.11. The van der Waals surface area contributed by atoms with Crippen LogP contribution < -0.4 is 0 Å². The molecule has 0 saturated carbocycles. The average molecular weight is 273 g/mol. The second-order valence-corrected chi connectivity index (χ2v) is 6.41. The lowest BCUT2D eigenvalue weighted by molar-refractivity contribution is 0.0765. The summed E-state index contributed by atoms with van der Waals surface area (Å²) >= 11 is 0. The molecule has 0 aromatic heterocycles. The molecule has 0 bridgehead atoms. The molecular weight excluding hydrogens is 261 g/mol. The van der Waals surface area contributed by atoms with Gasteiger partial charge in [0, 0.05) is 19.2 Å². The van der Waals surface area contributed by atoms with Crippen molar-refractivity contribution >= 4 is 15.7 Å². The number of hydrogen-bond donors (Lipinski definition) is 1. The summed E-state index contributed by atoms with van der Waals surface area (Å²) in [7, 11) is -3.08. The number of sulfone groups is 1. The van der Waals surface area contributed by atoms with Gasteiger partial charge in [0.1, 0.15) is 11.6 Å². The van der Waals surface area contributed by atoms with E-state index in [4.69, 9.17) is 5.11 Å². The number of phenolic OH excluding ortho intramolecular Hbond substituents is 1. The van der Waals surface area contributed by atoms with Crippen molar-refractivity contribution in [3.8, 4) is 5.75 Å². The Kier molecular flexibility index (Phi) is 3.25. The molecule has 1 amide bonds. The summed E-state index contributed by atoms with van der Waals surface area (Å²) < 4.78 is 35.9. The minimum absolute atomic E-state index is 0.0709. The van der Waals surface area contributed by atoms with Gasteiger partial charge in [0.2, 0.25) is 0 Å². The van der Waals surface area contributed by atoms with E-state index < -0.39 is 21.6 Å². The Morgan fingerprint density at radius 2 is 1.89 bits per heavy atom. The zero-order valence-electron chi connectivity index (χ0n) is 9.47. The predicted molar refractivity (Wildman–Crippen MR) is 62.6 cm³/mol. The fraction of sp³-hybridized carbons (Fsp3) is 0.364. The number of aromatic hydroxyl groups is 1. The van der Waals surface area contributed by atoms with Gasteiger partial charge < -0.3 is 10.0 Å². The van der Waals surface area contributed by atoms with E-state index in [1.165, 1.54) is 17.0 Å². The number of rotatable bonds is 1. The molecule has 1 fully saturated rings. The molecule has 7 heteroatoms. The van der Waals surface area contributed by atoms with Crippen LogP contribution in [0.3, 0.4) is 0 Å². The molecule has 0 radical (unpaired) electrons. The predicted octanol–water partition coefficient (Wildman–Crippen LogP) is 0.402. The van der Waals surface area contributed by atoms with Crippen LogP contribution in [0.2, 0.25) is 0 Å². The molecule has 0 spiro atoms. The summed E-state index contributed by atoms with van der Waals surface area (Å²) in [6.07, 6.45) is 0. The molecule has 1 N–H and O–H groups in total. The Morgan fingerprint density at radius 3 is 2.44 bits per heavy atom. The van der Waals surface area contributed by atoms with E-state index in [2.05, 4.69) is 0 Å². The highest BCUT2D eigenvalue weighted by molar-refractivity contribution is 7.91. The summed E-state index contributed by atoms with van der Waals surface area (Å²) in [6, 6.07) is 3.26. The summed E-state index contributed by atoms with van der Waals surface area (Å²) in [5.41, 5.74) is -0.160. The number of nitrogens with zero attached hydrogens (tertiary/aromatic N) is 1. The molecule has 0 aliphatic carbocycles. The van der Waals surface area contributed by atoms with Crippen molar-refractivity contribution in [3.05, 3.63) is 29.6 Å². The van der Waals surface area contributed by atoms with Crippen LogP contribution in [-0.4, -0.2) is 48.9 Å². The van der Waals surface area contributed by atoms with Gasteiger partial charge >= 0.3 is 0 Å². The monoisotopic (exact) mass is 273 g/mol. The number of phenols is 1. The van der Waals surface area contributed by atoms with E-state index in [1.54, 1.807) is 0 Å². The van der Waals surface area contributed by atoms with Crippen LogP contribution in [0.15, 0.2) is 18.2 Å². The number of benzene rings is 1. The van der Waals surface area contributed by atoms with E-state index in [9.17, 15) is 17.6 Å². The molecule has 5 nitrogen and oxygen atoms in total. The molecule has 1 saturated heterocycles. The van der Waals surface area contributed by atoms with Crippen molar-refractivity contribution in [1.29, 1.82) is 0 Å². The molecule has 0 atom stereocenters. The third kappa shape index (κ3) is 2.61. The molecular formula is C11H12FNO4S. The van der Waals surface area contributed by atoms with E-state index >= 15 is 0 Å². The Morgan fingerprint density at radius 1 is 1.28 bits per heavy atom. The van der Waals surface area contributed by atoms with E-state index in [0.29, 0.717) is 0 Å². The largest absolute Gasteiger partial charge is 0.508 e. The third-order valence-electron chi connectivity index (χ3n) is 2.81. The second kappa shape index (κ2) is 4.56. The summed E-state index contributed by atoms with van der Waals surface area (Å²) in [6.45, 7) is 0.142. The average Bonchev–Trinajstić information content (AvgIpc) is 2.28. The smallest absolute Gasteiger partial charge is 0.256 e. The van der Waals surface area contributed by atoms with Crippen molar-refractivity contribution in [3.63, 3.8) is 0 Å². The van der Waals surface area contributed by atoms with E-state index in [0.717, 1.165) is 6.07 Å². The minimum atomic E-state index is -3.08. The lowest BCUT2D eigenvalue weighted by Gasteiger charge is -2.26. The minimum Gasteiger partial charge on any atom is -0.508 e. The van der Waals surface area contributed by atoms with Gasteiger partial charge in [-0.2, -0.15) is 0 Å². The van der Waals surface area contributed by atoms with E-state index in [-0.39, 0.29) is 35.9 Å². The topological polar surface area (TPSA) is 74.7 Å². The first-order valence-electron chi connectivity index (χ1n) is 5.37. The fourth-order valence-corrected chi connectivity index (χ4v) is 2.96. The first kappa shape index (κ1) is 12.8. The lowest BCUT2D eigenvalue weighted by Crippen LogP contribution is -2.43. The summed E-state index contributed by atoms with van der Waals surface area (Å²) in [5, 5.41) is 9.05. The van der Waals surface area contributed by atoms with Crippen molar-refractivity contribution in [1.82, 2.24) is 4.90 Å². The molecule has 1 aliphatic heterocycles. The van der Waals surface area contributed by atoms with Crippen LogP contribution in [0.4, 0.5) is 4.39 Å². The third-order valence-corrected chi connectivity index (χ3v) is 4.42. The molecule has 0 unspecified atom stereocenters. The van der Waals surface area contributed by atoms with Crippen LogP contribution >= 0.6 is 0 Å². The van der Waals surface area contributed by atoms with Crippen LogP contribution in [-0.2, 0) is 9.84 Å². The summed E-state index contributed by atoms with van der Waals surface area (Å²) in [4.78, 5) is 13.3. The summed E-state index contributed by atoms with van der Waals surface area (Å²) in [5.74, 6) is -1.82. The van der Waals surface area contributed by atoms with Gasteiger partial charge in [-0.05, 0) is 12.1 Å². The number of halogens is 1. The molecule has 1 aromatic carbocycles. The van der Waals surface area contributed by atoms with Crippen molar-refractivity contribution < 1.29 is 22.7 Å². The molecule has 1 heterocycles. The first-order chi connectivity index (χ1) is 8.39. The normalized spacial score (nSPS) is 18.6. The van der Waals surface area contributed by atoms with E-state index in [1.807, 2.05) is 0 Å². The van der Waals surface area contributed by atoms with Crippen LogP contribution in [0.1, 0.15) is 10.4 Å². The Hall–Kier alpha value is -1.63. The number of amides is 1. The zero-order valence-corrected chi connectivity index (χ0v) is 10.3. The van der Waals surface area contributed by atoms with Gasteiger partial charge in [-0.15, -0.1) is 0 Å². The molecule has 98 valence electrons. The van der Waals surface area contributed by atoms with Crippen LogP contribution in [0, 0.1) is 5.82 Å². The molecule has 1 aliphatic rings. The van der Waals surface area contributed by atoms with Gasteiger partial charge in [0.15, 0.2) is 9.84 Å². The Labute approximate surface area is 104 Å². The maximum absolute atomic E-state index is 13.5. The molecule has 1 aromatic rings. The van der Waals surface area contributed by atoms with Gasteiger partial charge in [-0.1, -0.05) is 0 Å². The molecule has 18 heavy (non-hydrogen) atoms. The quantitative estimate of drug-likeness (QED) is 0.804. The highest BCUT2D eigenvalue weighted by atomic mass is 32.2. The first-order valence-corrected chi connectivity index (χ1v) is 7.19. The molecule has 2 rings (SSSR count). The van der Waals surface area contributed by atoms with Crippen LogP contribution in [0.5, 0.6) is 5.75 Å².